The number of hydrogen-bond donors (Lipinski definition) is 0. The van der Waals surface area contributed by atoms with Crippen LogP contribution in [-0.4, -0.2) is 39.6 Å². The number of carbonyl (C=O) groups is 2. The van der Waals surface area contributed by atoms with Gasteiger partial charge in [-0.1, -0.05) is 0 Å². The van der Waals surface area contributed by atoms with Crippen LogP contribution in [0.4, 0.5) is 5.69 Å². The van der Waals surface area contributed by atoms with Crippen molar-refractivity contribution in [3.05, 3.63) is 59.2 Å². The Morgan fingerprint density at radius 1 is 1.07 bits per heavy atom. The van der Waals surface area contributed by atoms with E-state index in [4.69, 9.17) is 9.47 Å². The number of hydrogen-bond acceptors (Lipinski definition) is 6. The fraction of sp³-hybridized carbons (Fsp3) is 0.300. The number of carbonyl (C=O) groups excluding carboxylic acids is 2. The summed E-state index contributed by atoms with van der Waals surface area (Å²) in [4.78, 5) is 23.9. The van der Waals surface area contributed by atoms with Crippen LogP contribution >= 0.6 is 0 Å². The molecule has 1 aliphatic heterocycles. The number of anilines is 1. The van der Waals surface area contributed by atoms with E-state index in [1.54, 1.807) is 30.3 Å². The predicted molar refractivity (Wildman–Crippen MR) is 104 cm³/mol. The lowest BCUT2D eigenvalue weighted by Crippen LogP contribution is -2.25. The minimum Gasteiger partial charge on any atom is -0.496 e. The van der Waals surface area contributed by atoms with Crippen LogP contribution in [0.25, 0.3) is 0 Å². The van der Waals surface area contributed by atoms with Gasteiger partial charge in [-0.15, -0.1) is 0 Å². The van der Waals surface area contributed by atoms with E-state index >= 15 is 0 Å². The Bertz CT molecular complexity index is 998. The molecule has 2 aromatic rings. The Hall–Kier alpha value is -2.87. The van der Waals surface area contributed by atoms with E-state index < -0.39 is 16.0 Å². The van der Waals surface area contributed by atoms with Gasteiger partial charge in [0.1, 0.15) is 12.4 Å². The first kappa shape index (κ1) is 19.9. The molecule has 0 unspecified atom stereocenters. The van der Waals surface area contributed by atoms with Crippen molar-refractivity contribution in [1.82, 2.24) is 0 Å². The molecule has 0 aliphatic carbocycles. The second-order valence-electron chi connectivity index (χ2n) is 6.45. The zero-order valence-electron chi connectivity index (χ0n) is 15.7. The van der Waals surface area contributed by atoms with Crippen LogP contribution < -0.4 is 9.04 Å². The van der Waals surface area contributed by atoms with Crippen molar-refractivity contribution >= 4 is 27.5 Å². The summed E-state index contributed by atoms with van der Waals surface area (Å²) in [6.45, 7) is 1.85. The highest BCUT2D eigenvalue weighted by Gasteiger charge is 2.28. The van der Waals surface area contributed by atoms with Gasteiger partial charge in [-0.05, 0) is 55.8 Å². The Morgan fingerprint density at radius 3 is 2.32 bits per heavy atom. The number of benzene rings is 2. The molecule has 7 nitrogen and oxygen atoms in total. The first-order valence-corrected chi connectivity index (χ1v) is 10.4. The Kier molecular flexibility index (Phi) is 5.69. The molecule has 0 bridgehead atoms. The molecule has 148 valence electrons. The summed E-state index contributed by atoms with van der Waals surface area (Å²) in [6, 6.07) is 11.2. The fourth-order valence-corrected chi connectivity index (χ4v) is 4.59. The number of methoxy groups -OCH3 is 1. The van der Waals surface area contributed by atoms with Crippen LogP contribution in [0.3, 0.4) is 0 Å². The largest absolute Gasteiger partial charge is 0.496 e. The predicted octanol–water partition coefficient (Wildman–Crippen LogP) is 2.79. The SMILES string of the molecule is COc1ccc(C(C)=O)cc1COC(=O)c1ccc(N2CCCS2(=O)=O)cc1. The molecule has 1 saturated heterocycles. The molecule has 0 N–H and O–H groups in total. The summed E-state index contributed by atoms with van der Waals surface area (Å²) >= 11 is 0. The van der Waals surface area contributed by atoms with Crippen LogP contribution in [-0.2, 0) is 21.4 Å². The molecule has 8 heteroatoms. The molecule has 0 spiro atoms. The van der Waals surface area contributed by atoms with Crippen molar-refractivity contribution in [2.45, 2.75) is 20.0 Å². The molecule has 1 fully saturated rings. The first-order chi connectivity index (χ1) is 13.3. The third-order valence-corrected chi connectivity index (χ3v) is 6.41. The Balaban J connectivity index is 1.70. The van der Waals surface area contributed by atoms with Gasteiger partial charge in [0.05, 0.1) is 24.1 Å². The average molecular weight is 403 g/mol. The number of ether oxygens (including phenoxy) is 2. The number of nitrogens with zero attached hydrogens (tertiary/aromatic N) is 1. The van der Waals surface area contributed by atoms with Gasteiger partial charge < -0.3 is 9.47 Å². The van der Waals surface area contributed by atoms with Gasteiger partial charge in [-0.2, -0.15) is 0 Å². The van der Waals surface area contributed by atoms with Gasteiger partial charge in [0.2, 0.25) is 10.0 Å². The van der Waals surface area contributed by atoms with Crippen molar-refractivity contribution in [1.29, 1.82) is 0 Å². The monoisotopic (exact) mass is 403 g/mol. The normalized spacial score (nSPS) is 15.3. The standard InChI is InChI=1S/C20H21NO6S/c1-14(22)16-6-9-19(26-2)17(12-16)13-27-20(23)15-4-7-18(8-5-15)21-10-3-11-28(21,24)25/h4-9,12H,3,10-11,13H2,1-2H3. The molecule has 3 rings (SSSR count). The first-order valence-electron chi connectivity index (χ1n) is 8.77. The number of rotatable bonds is 6. The highest BCUT2D eigenvalue weighted by Crippen LogP contribution is 2.25. The van der Waals surface area contributed by atoms with Gasteiger partial charge in [-0.25, -0.2) is 13.2 Å². The van der Waals surface area contributed by atoms with Crippen molar-refractivity contribution < 1.29 is 27.5 Å². The van der Waals surface area contributed by atoms with E-state index in [2.05, 4.69) is 0 Å². The van der Waals surface area contributed by atoms with Gasteiger partial charge >= 0.3 is 5.97 Å². The molecule has 28 heavy (non-hydrogen) atoms. The summed E-state index contributed by atoms with van der Waals surface area (Å²) in [5, 5.41) is 0. The van der Waals surface area contributed by atoms with E-state index in [9.17, 15) is 18.0 Å². The maximum Gasteiger partial charge on any atom is 0.338 e. The van der Waals surface area contributed by atoms with Gasteiger partial charge in [0.25, 0.3) is 0 Å². The molecule has 0 aromatic heterocycles. The van der Waals surface area contributed by atoms with Crippen molar-refractivity contribution in [2.75, 3.05) is 23.7 Å². The Labute approximate surface area is 163 Å². The minimum atomic E-state index is -3.26. The van der Waals surface area contributed by atoms with Gasteiger partial charge in [-0.3, -0.25) is 9.10 Å². The molecule has 2 aromatic carbocycles. The van der Waals surface area contributed by atoms with E-state index in [-0.39, 0.29) is 18.1 Å². The Morgan fingerprint density at radius 2 is 1.75 bits per heavy atom. The second-order valence-corrected chi connectivity index (χ2v) is 8.46. The molecule has 0 amide bonds. The number of ketones is 1. The average Bonchev–Trinajstić information content (AvgIpc) is 3.04. The van der Waals surface area contributed by atoms with Crippen molar-refractivity contribution in [3.8, 4) is 5.75 Å². The molecule has 0 atom stereocenters. The van der Waals surface area contributed by atoms with Crippen LogP contribution in [0, 0.1) is 0 Å². The van der Waals surface area contributed by atoms with Gasteiger partial charge in [0, 0.05) is 17.7 Å². The zero-order valence-corrected chi connectivity index (χ0v) is 16.5. The summed E-state index contributed by atoms with van der Waals surface area (Å²) in [6.07, 6.45) is 0.591. The summed E-state index contributed by atoms with van der Waals surface area (Å²) in [5.74, 6) is 0.0130. The number of esters is 1. The maximum absolute atomic E-state index is 12.3. The lowest BCUT2D eigenvalue weighted by Gasteiger charge is -2.17. The summed E-state index contributed by atoms with van der Waals surface area (Å²) < 4.78 is 35.9. The molecule has 1 heterocycles. The topological polar surface area (TPSA) is 90.0 Å². The van der Waals surface area contributed by atoms with Crippen LogP contribution in [0.2, 0.25) is 0 Å². The van der Waals surface area contributed by atoms with E-state index in [1.165, 1.54) is 30.5 Å². The maximum atomic E-state index is 12.3. The number of sulfonamides is 1. The summed E-state index contributed by atoms with van der Waals surface area (Å²) in [7, 11) is -1.76. The van der Waals surface area contributed by atoms with E-state index in [0.717, 1.165) is 0 Å². The third kappa shape index (κ3) is 4.17. The van der Waals surface area contributed by atoms with Gasteiger partial charge in [0.15, 0.2) is 5.78 Å². The lowest BCUT2D eigenvalue weighted by atomic mass is 10.1. The lowest BCUT2D eigenvalue weighted by molar-refractivity contribution is 0.0470. The van der Waals surface area contributed by atoms with E-state index in [0.29, 0.717) is 41.1 Å². The minimum absolute atomic E-state index is 0.0502. The highest BCUT2D eigenvalue weighted by atomic mass is 32.2. The quantitative estimate of drug-likeness (QED) is 0.544. The summed E-state index contributed by atoms with van der Waals surface area (Å²) in [5.41, 5.74) is 1.93. The van der Waals surface area contributed by atoms with Crippen LogP contribution in [0.1, 0.15) is 39.6 Å². The van der Waals surface area contributed by atoms with Crippen molar-refractivity contribution in [2.24, 2.45) is 0 Å². The smallest absolute Gasteiger partial charge is 0.338 e. The fourth-order valence-electron chi connectivity index (χ4n) is 3.03. The molecule has 0 saturated carbocycles. The molecule has 0 radical (unpaired) electrons. The molecular weight excluding hydrogens is 382 g/mol. The van der Waals surface area contributed by atoms with Crippen LogP contribution in [0.15, 0.2) is 42.5 Å². The van der Waals surface area contributed by atoms with Crippen molar-refractivity contribution in [3.63, 3.8) is 0 Å². The molecule has 1 aliphatic rings. The van der Waals surface area contributed by atoms with E-state index in [1.807, 2.05) is 0 Å². The zero-order chi connectivity index (χ0) is 20.3. The highest BCUT2D eigenvalue weighted by molar-refractivity contribution is 7.93. The number of Topliss-reactive ketones (excluding diaryl/α,β-unsaturated/α-hetero) is 1. The second kappa shape index (κ2) is 8.02. The molecular formula is C20H21NO6S. The third-order valence-electron chi connectivity index (χ3n) is 4.54. The van der Waals surface area contributed by atoms with Crippen LogP contribution in [0.5, 0.6) is 5.75 Å².